The first-order chi connectivity index (χ1) is 5.42. The first-order valence-electron chi connectivity index (χ1n) is 3.46. The molecule has 0 radical (unpaired) electrons. The first-order valence-corrected chi connectivity index (χ1v) is 4.41. The van der Waals surface area contributed by atoms with Crippen molar-refractivity contribution in [3.63, 3.8) is 0 Å². The summed E-state index contributed by atoms with van der Waals surface area (Å²) in [5.74, 6) is 0. The standard InChI is InChI=1S/C9H8OS/c10-5-7-1-2-8-6-11-4-3-9(7)8/h1-4,6,10H,5H2. The molecule has 11 heavy (non-hydrogen) atoms. The second kappa shape index (κ2) is 2.64. The third-order valence-corrected chi connectivity index (χ3v) is 2.48. The molecule has 1 N–H and O–H groups in total. The molecule has 1 heterocycles. The van der Waals surface area contributed by atoms with Gasteiger partial charge in [0.2, 0.25) is 0 Å². The topological polar surface area (TPSA) is 20.2 Å². The van der Waals surface area contributed by atoms with Crippen LogP contribution in [0.1, 0.15) is 5.56 Å². The molecule has 0 aromatic carbocycles. The Labute approximate surface area is 69.3 Å². The van der Waals surface area contributed by atoms with Crippen LogP contribution in [0.2, 0.25) is 0 Å². The monoisotopic (exact) mass is 164 g/mol. The van der Waals surface area contributed by atoms with Crippen LogP contribution in [0.25, 0.3) is 11.1 Å². The lowest BCUT2D eigenvalue weighted by Gasteiger charge is -1.98. The molecule has 0 bridgehead atoms. The van der Waals surface area contributed by atoms with E-state index in [1.54, 1.807) is 11.3 Å². The molecule has 56 valence electrons. The fraction of sp³-hybridized carbons (Fsp3) is 0.111. The Morgan fingerprint density at radius 1 is 1.27 bits per heavy atom. The highest BCUT2D eigenvalue weighted by molar-refractivity contribution is 7.07. The SMILES string of the molecule is OCc1ccc2csccc1-2. The second-order valence-electron chi connectivity index (χ2n) is 2.44. The van der Waals surface area contributed by atoms with Crippen LogP contribution in [0.4, 0.5) is 0 Å². The van der Waals surface area contributed by atoms with Crippen molar-refractivity contribution in [3.8, 4) is 11.1 Å². The van der Waals surface area contributed by atoms with Crippen LogP contribution in [0.5, 0.6) is 0 Å². The molecule has 2 rings (SSSR count). The Kier molecular flexibility index (Phi) is 1.64. The van der Waals surface area contributed by atoms with Crippen LogP contribution >= 0.6 is 11.3 Å². The van der Waals surface area contributed by atoms with E-state index in [-0.39, 0.29) is 6.61 Å². The lowest BCUT2D eigenvalue weighted by Crippen LogP contribution is -1.80. The first kappa shape index (κ1) is 6.83. The maximum absolute atomic E-state index is 8.93. The summed E-state index contributed by atoms with van der Waals surface area (Å²) in [6.45, 7) is 0.137. The molecule has 0 fully saturated rings. The third kappa shape index (κ3) is 1.04. The van der Waals surface area contributed by atoms with Gasteiger partial charge in [0.25, 0.3) is 0 Å². The fourth-order valence-corrected chi connectivity index (χ4v) is 1.86. The summed E-state index contributed by atoms with van der Waals surface area (Å²) in [4.78, 5) is 0. The van der Waals surface area contributed by atoms with Crippen LogP contribution in [0, 0.1) is 0 Å². The minimum Gasteiger partial charge on any atom is -0.392 e. The normalized spacial score (nSPS) is 10.6. The Hall–Kier alpha value is -0.860. The molecule has 0 amide bonds. The Morgan fingerprint density at radius 3 is 3.00 bits per heavy atom. The Balaban J connectivity index is 2.64. The lowest BCUT2D eigenvalue weighted by atomic mass is 10.1. The largest absolute Gasteiger partial charge is 0.392 e. The van der Waals surface area contributed by atoms with E-state index in [0.717, 1.165) is 5.56 Å². The quantitative estimate of drug-likeness (QED) is 0.686. The van der Waals surface area contributed by atoms with E-state index in [2.05, 4.69) is 5.38 Å². The Morgan fingerprint density at radius 2 is 2.18 bits per heavy atom. The van der Waals surface area contributed by atoms with Crippen LogP contribution < -0.4 is 0 Å². The molecule has 1 aliphatic heterocycles. The van der Waals surface area contributed by atoms with Gasteiger partial charge in [-0.25, -0.2) is 0 Å². The van der Waals surface area contributed by atoms with Gasteiger partial charge in [0.1, 0.15) is 0 Å². The lowest BCUT2D eigenvalue weighted by molar-refractivity contribution is 0.283. The highest BCUT2D eigenvalue weighted by atomic mass is 32.1. The second-order valence-corrected chi connectivity index (χ2v) is 3.22. The van der Waals surface area contributed by atoms with Crippen LogP contribution in [0.15, 0.2) is 29.0 Å². The van der Waals surface area contributed by atoms with Crippen LogP contribution in [-0.4, -0.2) is 5.11 Å². The molecule has 1 nitrogen and oxygen atoms in total. The molecule has 0 saturated heterocycles. The van der Waals surface area contributed by atoms with E-state index < -0.39 is 0 Å². The molecule has 0 aromatic rings. The number of aliphatic hydroxyl groups is 1. The van der Waals surface area contributed by atoms with Crippen molar-refractivity contribution in [1.82, 2.24) is 0 Å². The maximum atomic E-state index is 8.93. The molecule has 0 unspecified atom stereocenters. The predicted octanol–water partition coefficient (Wildman–Crippen LogP) is 2.35. The minimum absolute atomic E-state index is 0.137. The molecule has 0 atom stereocenters. The smallest absolute Gasteiger partial charge is 0.0687 e. The van der Waals surface area contributed by atoms with Crippen molar-refractivity contribution in [2.24, 2.45) is 0 Å². The molecule has 0 spiro atoms. The van der Waals surface area contributed by atoms with Crippen molar-refractivity contribution < 1.29 is 5.11 Å². The van der Waals surface area contributed by atoms with Gasteiger partial charge >= 0.3 is 0 Å². The predicted molar refractivity (Wildman–Crippen MR) is 46.9 cm³/mol. The van der Waals surface area contributed by atoms with Gasteiger partial charge < -0.3 is 5.11 Å². The Bertz CT molecular complexity index is 326. The molecule has 2 aliphatic rings. The van der Waals surface area contributed by atoms with E-state index >= 15 is 0 Å². The number of fused-ring (bicyclic) bond motifs is 1. The third-order valence-electron chi connectivity index (χ3n) is 1.80. The average molecular weight is 164 g/mol. The molecule has 1 aliphatic carbocycles. The summed E-state index contributed by atoms with van der Waals surface area (Å²) in [5, 5.41) is 13.0. The van der Waals surface area contributed by atoms with E-state index in [0.29, 0.717) is 0 Å². The molecular formula is C9H8OS. The zero-order chi connectivity index (χ0) is 7.68. The molecular weight excluding hydrogens is 156 g/mol. The summed E-state index contributed by atoms with van der Waals surface area (Å²) in [6, 6.07) is 6.06. The number of hydrogen-bond acceptors (Lipinski definition) is 2. The number of rotatable bonds is 1. The summed E-state index contributed by atoms with van der Waals surface area (Å²) in [6.07, 6.45) is 0. The van der Waals surface area contributed by atoms with Crippen LogP contribution in [-0.2, 0) is 6.61 Å². The maximum Gasteiger partial charge on any atom is 0.0687 e. The van der Waals surface area contributed by atoms with Gasteiger partial charge in [-0.2, -0.15) is 11.3 Å². The average Bonchev–Trinajstić information content (AvgIpc) is 2.47. The van der Waals surface area contributed by atoms with Gasteiger partial charge in [-0.15, -0.1) is 0 Å². The minimum atomic E-state index is 0.137. The van der Waals surface area contributed by atoms with E-state index in [9.17, 15) is 0 Å². The van der Waals surface area contributed by atoms with Gasteiger partial charge in [-0.1, -0.05) is 12.1 Å². The fourth-order valence-electron chi connectivity index (χ4n) is 1.22. The van der Waals surface area contributed by atoms with Crippen molar-refractivity contribution in [1.29, 1.82) is 0 Å². The number of aliphatic hydroxyl groups excluding tert-OH is 1. The zero-order valence-electron chi connectivity index (χ0n) is 5.95. The summed E-state index contributed by atoms with van der Waals surface area (Å²) in [7, 11) is 0. The molecule has 0 saturated carbocycles. The molecule has 0 aromatic heterocycles. The van der Waals surface area contributed by atoms with E-state index in [1.807, 2.05) is 23.6 Å². The number of hydrogen-bond donors (Lipinski definition) is 1. The van der Waals surface area contributed by atoms with Crippen molar-refractivity contribution in [2.45, 2.75) is 6.61 Å². The molecule has 2 heteroatoms. The van der Waals surface area contributed by atoms with Crippen molar-refractivity contribution in [2.75, 3.05) is 0 Å². The van der Waals surface area contributed by atoms with Gasteiger partial charge in [0, 0.05) is 0 Å². The van der Waals surface area contributed by atoms with Gasteiger partial charge in [0.05, 0.1) is 6.61 Å². The van der Waals surface area contributed by atoms with Gasteiger partial charge in [-0.3, -0.25) is 0 Å². The van der Waals surface area contributed by atoms with Gasteiger partial charge in [0.15, 0.2) is 0 Å². The highest BCUT2D eigenvalue weighted by Crippen LogP contribution is 2.28. The van der Waals surface area contributed by atoms with Gasteiger partial charge in [-0.05, 0) is 33.5 Å². The zero-order valence-corrected chi connectivity index (χ0v) is 6.77. The van der Waals surface area contributed by atoms with E-state index in [4.69, 9.17) is 5.11 Å². The summed E-state index contributed by atoms with van der Waals surface area (Å²) >= 11 is 1.67. The summed E-state index contributed by atoms with van der Waals surface area (Å²) in [5.41, 5.74) is 3.42. The highest BCUT2D eigenvalue weighted by Gasteiger charge is 2.05. The summed E-state index contributed by atoms with van der Waals surface area (Å²) < 4.78 is 0. The van der Waals surface area contributed by atoms with Crippen LogP contribution in [0.3, 0.4) is 0 Å². The van der Waals surface area contributed by atoms with Crippen molar-refractivity contribution in [3.05, 3.63) is 34.5 Å². The van der Waals surface area contributed by atoms with E-state index in [1.165, 1.54) is 11.1 Å². The van der Waals surface area contributed by atoms with Crippen molar-refractivity contribution >= 4 is 11.3 Å².